The average molecular weight is 304 g/mol. The second kappa shape index (κ2) is 10.5. The van der Waals surface area contributed by atoms with Gasteiger partial charge in [0.2, 0.25) is 0 Å². The molecule has 1 atom stereocenters. The number of hydrogen-bond acceptors (Lipinski definition) is 2. The minimum atomic E-state index is 0.332. The van der Waals surface area contributed by atoms with Crippen LogP contribution in [0.25, 0.3) is 0 Å². The van der Waals surface area contributed by atoms with Crippen LogP contribution in [0, 0.1) is 5.92 Å². The zero-order valence-corrected chi connectivity index (χ0v) is 14.6. The molecule has 0 amide bonds. The van der Waals surface area contributed by atoms with E-state index < -0.39 is 0 Å². The van der Waals surface area contributed by atoms with E-state index >= 15 is 0 Å². The number of carbonyl (C=O) groups excluding carboxylic acids is 2. The van der Waals surface area contributed by atoms with Crippen molar-refractivity contribution in [3.05, 3.63) is 23.3 Å². The van der Waals surface area contributed by atoms with Crippen molar-refractivity contribution in [3.63, 3.8) is 0 Å². The Hall–Kier alpha value is -1.18. The molecule has 0 radical (unpaired) electrons. The highest BCUT2D eigenvalue weighted by Crippen LogP contribution is 2.25. The van der Waals surface area contributed by atoms with Crippen LogP contribution in [0.15, 0.2) is 23.3 Å². The lowest BCUT2D eigenvalue weighted by Crippen LogP contribution is -2.04. The van der Waals surface area contributed by atoms with Gasteiger partial charge in [-0.3, -0.25) is 9.59 Å². The van der Waals surface area contributed by atoms with Crippen LogP contribution in [-0.2, 0) is 9.59 Å². The molecule has 2 aliphatic rings. The monoisotopic (exact) mass is 304 g/mol. The van der Waals surface area contributed by atoms with Crippen LogP contribution in [0.1, 0.15) is 85.0 Å². The van der Waals surface area contributed by atoms with Gasteiger partial charge in [0, 0.05) is 25.2 Å². The highest BCUT2D eigenvalue weighted by molar-refractivity contribution is 5.83. The first kappa shape index (κ1) is 18.9. The number of allylic oxidation sites excluding steroid dienone is 4. The number of rotatable bonds is 5. The molecule has 22 heavy (non-hydrogen) atoms. The maximum atomic E-state index is 11.5. The Kier molecular flexibility index (Phi) is 9.03. The third kappa shape index (κ3) is 8.31. The predicted octanol–water partition coefficient (Wildman–Crippen LogP) is 5.57. The molecule has 0 aliphatic heterocycles. The Labute approximate surface area is 136 Å². The van der Waals surface area contributed by atoms with Crippen molar-refractivity contribution in [2.45, 2.75) is 85.0 Å². The molecule has 2 fully saturated rings. The fraction of sp³-hybridized carbons (Fsp3) is 0.700. The summed E-state index contributed by atoms with van der Waals surface area (Å²) in [4.78, 5) is 21.7. The van der Waals surface area contributed by atoms with Gasteiger partial charge in [0.05, 0.1) is 0 Å². The van der Waals surface area contributed by atoms with E-state index in [1.165, 1.54) is 11.1 Å². The summed E-state index contributed by atoms with van der Waals surface area (Å²) in [5, 5.41) is 0. The molecule has 0 saturated heterocycles. The van der Waals surface area contributed by atoms with Crippen molar-refractivity contribution in [1.82, 2.24) is 0 Å². The molecule has 0 aromatic rings. The molecule has 2 nitrogen and oxygen atoms in total. The first-order valence-electron chi connectivity index (χ1n) is 8.82. The topological polar surface area (TPSA) is 34.1 Å². The Morgan fingerprint density at radius 1 is 1.00 bits per heavy atom. The molecule has 2 saturated carbocycles. The molecule has 2 rings (SSSR count). The number of hydrogen-bond donors (Lipinski definition) is 0. The first-order chi connectivity index (χ1) is 10.5. The van der Waals surface area contributed by atoms with Gasteiger partial charge in [-0.15, -0.1) is 0 Å². The van der Waals surface area contributed by atoms with Gasteiger partial charge in [0.1, 0.15) is 11.6 Å². The van der Waals surface area contributed by atoms with Crippen molar-refractivity contribution in [2.24, 2.45) is 5.92 Å². The van der Waals surface area contributed by atoms with Gasteiger partial charge in [-0.25, -0.2) is 0 Å². The largest absolute Gasteiger partial charge is 0.300 e. The van der Waals surface area contributed by atoms with Crippen LogP contribution in [0.4, 0.5) is 0 Å². The van der Waals surface area contributed by atoms with Gasteiger partial charge in [-0.1, -0.05) is 23.3 Å². The van der Waals surface area contributed by atoms with Crippen molar-refractivity contribution in [1.29, 1.82) is 0 Å². The second-order valence-corrected chi connectivity index (χ2v) is 6.91. The van der Waals surface area contributed by atoms with Gasteiger partial charge in [0.25, 0.3) is 0 Å². The Morgan fingerprint density at radius 3 is 2.14 bits per heavy atom. The zero-order valence-electron chi connectivity index (χ0n) is 14.6. The van der Waals surface area contributed by atoms with E-state index in [1.54, 1.807) is 0 Å². The first-order valence-corrected chi connectivity index (χ1v) is 8.82. The molecule has 124 valence electrons. The van der Waals surface area contributed by atoms with E-state index in [1.807, 2.05) is 0 Å². The third-order valence-electron chi connectivity index (χ3n) is 4.43. The summed E-state index contributed by atoms with van der Waals surface area (Å²) >= 11 is 0. The van der Waals surface area contributed by atoms with Crippen LogP contribution < -0.4 is 0 Å². The lowest BCUT2D eigenvalue weighted by atomic mass is 10.00. The molecule has 1 unspecified atom stereocenters. The van der Waals surface area contributed by atoms with Crippen molar-refractivity contribution in [2.75, 3.05) is 0 Å². The summed E-state index contributed by atoms with van der Waals surface area (Å²) in [5.74, 6) is 1.27. The molecular weight excluding hydrogens is 272 g/mol. The van der Waals surface area contributed by atoms with E-state index in [0.717, 1.165) is 64.2 Å². The summed E-state index contributed by atoms with van der Waals surface area (Å²) in [6.07, 6.45) is 14.8. The van der Waals surface area contributed by atoms with Crippen LogP contribution in [0.5, 0.6) is 0 Å². The predicted molar refractivity (Wildman–Crippen MR) is 92.9 cm³/mol. The fourth-order valence-corrected chi connectivity index (χ4v) is 2.94. The molecule has 0 aromatic heterocycles. The standard InChI is InChI=1S/C15H24O.C5H8O/c1-12(2)6-4-7-13(3)10-11-14-8-5-9-15(14)16;6-5-3-1-2-4-5/h6,10,14H,4-5,7-9,11H2,1-3H3;1-4H2. The quantitative estimate of drug-likeness (QED) is 0.622. The van der Waals surface area contributed by atoms with E-state index in [9.17, 15) is 9.59 Å². The Morgan fingerprint density at radius 2 is 1.68 bits per heavy atom. The molecule has 2 heteroatoms. The molecular formula is C20H32O2. The fourth-order valence-electron chi connectivity index (χ4n) is 2.94. The van der Waals surface area contributed by atoms with E-state index in [-0.39, 0.29) is 0 Å². The molecule has 0 aromatic carbocycles. The minimum absolute atomic E-state index is 0.332. The molecule has 0 spiro atoms. The van der Waals surface area contributed by atoms with Gasteiger partial charge in [-0.2, -0.15) is 0 Å². The molecule has 0 heterocycles. The highest BCUT2D eigenvalue weighted by atomic mass is 16.1. The Bertz CT molecular complexity index is 417. The van der Waals surface area contributed by atoms with Gasteiger partial charge >= 0.3 is 0 Å². The average Bonchev–Trinajstić information content (AvgIpc) is 3.08. The van der Waals surface area contributed by atoms with Gasteiger partial charge in [-0.05, 0) is 65.7 Å². The molecule has 0 N–H and O–H groups in total. The number of Topliss-reactive ketones (excluding diaryl/α,β-unsaturated/α-hetero) is 2. The van der Waals surface area contributed by atoms with Gasteiger partial charge in [0.15, 0.2) is 0 Å². The van der Waals surface area contributed by atoms with Crippen molar-refractivity contribution >= 4 is 11.6 Å². The van der Waals surface area contributed by atoms with Crippen LogP contribution in [0.2, 0.25) is 0 Å². The molecule has 2 aliphatic carbocycles. The van der Waals surface area contributed by atoms with Gasteiger partial charge < -0.3 is 0 Å². The third-order valence-corrected chi connectivity index (χ3v) is 4.43. The minimum Gasteiger partial charge on any atom is -0.300 e. The SMILES string of the molecule is CC(C)=CCCC(C)=CCC1CCCC1=O.O=C1CCCC1. The lowest BCUT2D eigenvalue weighted by molar-refractivity contribution is -0.120. The number of carbonyl (C=O) groups is 2. The van der Waals surface area contributed by atoms with Crippen molar-refractivity contribution in [3.8, 4) is 0 Å². The van der Waals surface area contributed by atoms with Crippen LogP contribution in [0.3, 0.4) is 0 Å². The zero-order chi connectivity index (χ0) is 16.4. The molecule has 0 bridgehead atoms. The maximum Gasteiger partial charge on any atom is 0.136 e. The number of ketones is 2. The summed E-state index contributed by atoms with van der Waals surface area (Å²) < 4.78 is 0. The van der Waals surface area contributed by atoms with Crippen LogP contribution >= 0.6 is 0 Å². The Balaban J connectivity index is 0.000000335. The van der Waals surface area contributed by atoms with E-state index in [4.69, 9.17) is 0 Å². The second-order valence-electron chi connectivity index (χ2n) is 6.91. The lowest BCUT2D eigenvalue weighted by Gasteiger charge is -2.05. The summed E-state index contributed by atoms with van der Waals surface area (Å²) in [5.41, 5.74) is 2.82. The van der Waals surface area contributed by atoms with Crippen molar-refractivity contribution < 1.29 is 9.59 Å². The summed E-state index contributed by atoms with van der Waals surface area (Å²) in [6.45, 7) is 6.45. The summed E-state index contributed by atoms with van der Waals surface area (Å²) in [6, 6.07) is 0. The highest BCUT2D eigenvalue weighted by Gasteiger charge is 2.22. The van der Waals surface area contributed by atoms with E-state index in [2.05, 4.69) is 32.9 Å². The van der Waals surface area contributed by atoms with Crippen LogP contribution in [-0.4, -0.2) is 11.6 Å². The summed E-state index contributed by atoms with van der Waals surface area (Å²) in [7, 11) is 0. The van der Waals surface area contributed by atoms with E-state index in [0.29, 0.717) is 17.5 Å². The normalized spacial score (nSPS) is 21.6. The maximum absolute atomic E-state index is 11.5. The smallest absolute Gasteiger partial charge is 0.136 e.